The number of amides is 1. The molecule has 2 heterocycles. The SMILES string of the molecule is O=C(CCl)N1Cc2ccccc2C(c2nc3ccccc3s2)C1. The molecule has 5 heteroatoms. The van der Waals surface area contributed by atoms with Gasteiger partial charge in [0.2, 0.25) is 5.91 Å². The van der Waals surface area contributed by atoms with Crippen molar-refractivity contribution in [3.8, 4) is 0 Å². The van der Waals surface area contributed by atoms with Gasteiger partial charge in [-0.15, -0.1) is 22.9 Å². The van der Waals surface area contributed by atoms with Crippen LogP contribution in [0.3, 0.4) is 0 Å². The van der Waals surface area contributed by atoms with Crippen LogP contribution < -0.4 is 0 Å². The predicted octanol–water partition coefficient (Wildman–Crippen LogP) is 4.01. The van der Waals surface area contributed by atoms with Crippen molar-refractivity contribution in [3.63, 3.8) is 0 Å². The van der Waals surface area contributed by atoms with Gasteiger partial charge in [-0.05, 0) is 23.3 Å². The largest absolute Gasteiger partial charge is 0.336 e. The average molecular weight is 343 g/mol. The first-order valence-corrected chi connectivity index (χ1v) is 8.88. The number of thiazole rings is 1. The number of benzene rings is 2. The van der Waals surface area contributed by atoms with Crippen molar-refractivity contribution < 1.29 is 4.79 Å². The lowest BCUT2D eigenvalue weighted by atomic mass is 9.90. The lowest BCUT2D eigenvalue weighted by Gasteiger charge is -2.33. The number of aromatic nitrogens is 1. The molecule has 0 fully saturated rings. The first-order valence-electron chi connectivity index (χ1n) is 7.53. The van der Waals surface area contributed by atoms with Crippen LogP contribution in [0.4, 0.5) is 0 Å². The maximum atomic E-state index is 12.1. The van der Waals surface area contributed by atoms with Gasteiger partial charge in [0.05, 0.1) is 16.1 Å². The Kier molecular flexibility index (Phi) is 3.79. The summed E-state index contributed by atoms with van der Waals surface area (Å²) in [5, 5.41) is 1.06. The van der Waals surface area contributed by atoms with E-state index in [0.717, 1.165) is 10.5 Å². The molecule has 1 atom stereocenters. The van der Waals surface area contributed by atoms with Crippen LogP contribution in [-0.4, -0.2) is 28.2 Å². The highest BCUT2D eigenvalue weighted by Gasteiger charge is 2.30. The van der Waals surface area contributed by atoms with Crippen LogP contribution in [0, 0.1) is 0 Å². The quantitative estimate of drug-likeness (QED) is 0.659. The van der Waals surface area contributed by atoms with Gasteiger partial charge < -0.3 is 4.90 Å². The zero-order chi connectivity index (χ0) is 15.8. The van der Waals surface area contributed by atoms with E-state index in [0.29, 0.717) is 13.1 Å². The monoisotopic (exact) mass is 342 g/mol. The minimum absolute atomic E-state index is 0.0210. The molecule has 4 rings (SSSR count). The molecule has 1 aliphatic rings. The van der Waals surface area contributed by atoms with Crippen LogP contribution >= 0.6 is 22.9 Å². The third-order valence-electron chi connectivity index (χ3n) is 4.27. The molecule has 1 unspecified atom stereocenters. The second-order valence-corrected chi connectivity index (χ2v) is 7.01. The number of hydrogen-bond donors (Lipinski definition) is 0. The Morgan fingerprint density at radius 1 is 1.22 bits per heavy atom. The minimum Gasteiger partial charge on any atom is -0.336 e. The number of rotatable bonds is 2. The van der Waals surface area contributed by atoms with Crippen LogP contribution in [0.1, 0.15) is 22.1 Å². The molecule has 0 spiro atoms. The second kappa shape index (κ2) is 5.95. The number of hydrogen-bond acceptors (Lipinski definition) is 3. The average Bonchev–Trinajstić information content (AvgIpc) is 3.04. The highest BCUT2D eigenvalue weighted by Crippen LogP contribution is 2.37. The van der Waals surface area contributed by atoms with Crippen molar-refractivity contribution in [3.05, 3.63) is 64.7 Å². The second-order valence-electron chi connectivity index (χ2n) is 5.68. The third-order valence-corrected chi connectivity index (χ3v) is 5.65. The van der Waals surface area contributed by atoms with Gasteiger partial charge in [0, 0.05) is 13.1 Å². The van der Waals surface area contributed by atoms with E-state index in [4.69, 9.17) is 16.6 Å². The van der Waals surface area contributed by atoms with Gasteiger partial charge in [0.1, 0.15) is 10.9 Å². The van der Waals surface area contributed by atoms with E-state index in [-0.39, 0.29) is 17.7 Å². The fourth-order valence-corrected chi connectivity index (χ4v) is 4.38. The summed E-state index contributed by atoms with van der Waals surface area (Å²) in [5.74, 6) is 0.117. The van der Waals surface area contributed by atoms with Gasteiger partial charge in [0.15, 0.2) is 0 Å². The lowest BCUT2D eigenvalue weighted by molar-refractivity contribution is -0.129. The topological polar surface area (TPSA) is 33.2 Å². The summed E-state index contributed by atoms with van der Waals surface area (Å²) in [7, 11) is 0. The van der Waals surface area contributed by atoms with Crippen LogP contribution in [0.5, 0.6) is 0 Å². The van der Waals surface area contributed by atoms with E-state index in [1.165, 1.54) is 15.8 Å². The van der Waals surface area contributed by atoms with Crippen molar-refractivity contribution in [1.82, 2.24) is 9.88 Å². The fourth-order valence-electron chi connectivity index (χ4n) is 3.13. The lowest BCUT2D eigenvalue weighted by Crippen LogP contribution is -2.39. The molecule has 0 aliphatic carbocycles. The number of fused-ring (bicyclic) bond motifs is 2. The molecule has 1 aromatic heterocycles. The molecule has 0 N–H and O–H groups in total. The molecule has 23 heavy (non-hydrogen) atoms. The van der Waals surface area contributed by atoms with Gasteiger partial charge in [0.25, 0.3) is 0 Å². The Morgan fingerprint density at radius 3 is 2.83 bits per heavy atom. The summed E-state index contributed by atoms with van der Waals surface area (Å²) in [4.78, 5) is 18.7. The highest BCUT2D eigenvalue weighted by molar-refractivity contribution is 7.18. The molecule has 3 nitrogen and oxygen atoms in total. The number of carbonyl (C=O) groups excluding carboxylic acids is 1. The fraction of sp³-hybridized carbons (Fsp3) is 0.222. The van der Waals surface area contributed by atoms with Crippen molar-refractivity contribution in [2.45, 2.75) is 12.5 Å². The molecular formula is C18H15ClN2OS. The number of alkyl halides is 1. The number of carbonyl (C=O) groups is 1. The first-order chi connectivity index (χ1) is 11.3. The Morgan fingerprint density at radius 2 is 2.00 bits per heavy atom. The van der Waals surface area contributed by atoms with Gasteiger partial charge in [-0.25, -0.2) is 4.98 Å². The predicted molar refractivity (Wildman–Crippen MR) is 94.0 cm³/mol. The summed E-state index contributed by atoms with van der Waals surface area (Å²) < 4.78 is 1.18. The maximum Gasteiger partial charge on any atom is 0.237 e. The Balaban J connectivity index is 1.80. The van der Waals surface area contributed by atoms with Crippen LogP contribution in [-0.2, 0) is 11.3 Å². The third kappa shape index (κ3) is 2.62. The minimum atomic E-state index is -0.0210. The molecule has 3 aromatic rings. The number of halogens is 1. The van der Waals surface area contributed by atoms with E-state index in [9.17, 15) is 4.79 Å². The number of nitrogens with zero attached hydrogens (tertiary/aromatic N) is 2. The van der Waals surface area contributed by atoms with Crippen molar-refractivity contribution in [1.29, 1.82) is 0 Å². The molecule has 2 aromatic carbocycles. The molecule has 0 bridgehead atoms. The Hall–Kier alpha value is -1.91. The van der Waals surface area contributed by atoms with Gasteiger partial charge in [-0.1, -0.05) is 36.4 Å². The molecular weight excluding hydrogens is 328 g/mol. The molecule has 116 valence electrons. The van der Waals surface area contributed by atoms with E-state index < -0.39 is 0 Å². The van der Waals surface area contributed by atoms with Crippen LogP contribution in [0.15, 0.2) is 48.5 Å². The summed E-state index contributed by atoms with van der Waals surface area (Å²) in [6.45, 7) is 1.27. The van der Waals surface area contributed by atoms with Gasteiger partial charge >= 0.3 is 0 Å². The molecule has 0 saturated heterocycles. The number of para-hydroxylation sites is 1. The zero-order valence-electron chi connectivity index (χ0n) is 12.4. The van der Waals surface area contributed by atoms with E-state index >= 15 is 0 Å². The maximum absolute atomic E-state index is 12.1. The summed E-state index contributed by atoms with van der Waals surface area (Å²) in [5.41, 5.74) is 3.47. The normalized spacial score (nSPS) is 17.3. The van der Waals surface area contributed by atoms with Crippen LogP contribution in [0.25, 0.3) is 10.2 Å². The van der Waals surface area contributed by atoms with Crippen LogP contribution in [0.2, 0.25) is 0 Å². The van der Waals surface area contributed by atoms with Crippen molar-refractivity contribution >= 4 is 39.1 Å². The van der Waals surface area contributed by atoms with Gasteiger partial charge in [-0.2, -0.15) is 0 Å². The van der Waals surface area contributed by atoms with Crippen molar-refractivity contribution in [2.24, 2.45) is 0 Å². The van der Waals surface area contributed by atoms with Crippen molar-refractivity contribution in [2.75, 3.05) is 12.4 Å². The standard InChI is InChI=1S/C18H15ClN2OS/c19-9-17(22)21-10-12-5-1-2-6-13(12)14(11-21)18-20-15-7-3-4-8-16(15)23-18/h1-8,14H,9-11H2. The highest BCUT2D eigenvalue weighted by atomic mass is 35.5. The summed E-state index contributed by atoms with van der Waals surface area (Å²) in [6, 6.07) is 16.5. The summed E-state index contributed by atoms with van der Waals surface area (Å²) >= 11 is 7.47. The van der Waals surface area contributed by atoms with E-state index in [1.807, 2.05) is 29.2 Å². The Bertz CT molecular complexity index is 843. The van der Waals surface area contributed by atoms with E-state index in [1.54, 1.807) is 11.3 Å². The van der Waals surface area contributed by atoms with E-state index in [2.05, 4.69) is 24.3 Å². The Labute approximate surface area is 143 Å². The molecule has 0 saturated carbocycles. The summed E-state index contributed by atoms with van der Waals surface area (Å²) in [6.07, 6.45) is 0. The smallest absolute Gasteiger partial charge is 0.237 e. The zero-order valence-corrected chi connectivity index (χ0v) is 14.0. The van der Waals surface area contributed by atoms with Gasteiger partial charge in [-0.3, -0.25) is 4.79 Å². The molecule has 1 aliphatic heterocycles. The first kappa shape index (κ1) is 14.7. The molecule has 1 amide bonds. The molecule has 0 radical (unpaired) electrons.